The molecule has 1 aliphatic rings. The third kappa shape index (κ3) is 2.40. The lowest BCUT2D eigenvalue weighted by Crippen LogP contribution is -2.39. The Balaban J connectivity index is 2.08. The summed E-state index contributed by atoms with van der Waals surface area (Å²) in [6.07, 6.45) is 0.802. The van der Waals surface area contributed by atoms with E-state index in [-0.39, 0.29) is 17.0 Å². The van der Waals surface area contributed by atoms with E-state index < -0.39 is 5.91 Å². The molecular weight excluding hydrogens is 256 g/mol. The van der Waals surface area contributed by atoms with Gasteiger partial charge >= 0.3 is 0 Å². The van der Waals surface area contributed by atoms with Gasteiger partial charge in [0.05, 0.1) is 6.61 Å². The van der Waals surface area contributed by atoms with Crippen LogP contribution in [0.3, 0.4) is 0 Å². The molecular formula is C10H16N4O3S. The maximum absolute atomic E-state index is 11.3. The minimum atomic E-state index is -0.585. The van der Waals surface area contributed by atoms with E-state index in [1.807, 2.05) is 0 Å². The predicted molar refractivity (Wildman–Crippen MR) is 68.7 cm³/mol. The predicted octanol–water partition coefficient (Wildman–Crippen LogP) is 0.0416. The zero-order chi connectivity index (χ0) is 13.2. The first-order valence-electron chi connectivity index (χ1n) is 5.50. The van der Waals surface area contributed by atoms with Crippen LogP contribution in [0.2, 0.25) is 0 Å². The van der Waals surface area contributed by atoms with Gasteiger partial charge in [0, 0.05) is 26.7 Å². The lowest BCUT2D eigenvalue weighted by molar-refractivity contribution is -0.00616. The van der Waals surface area contributed by atoms with Gasteiger partial charge in [0.1, 0.15) is 16.2 Å². The Hall–Kier alpha value is -1.38. The van der Waals surface area contributed by atoms with Crippen molar-refractivity contribution in [3.05, 3.63) is 5.56 Å². The monoisotopic (exact) mass is 272 g/mol. The highest BCUT2D eigenvalue weighted by Crippen LogP contribution is 2.29. The average molecular weight is 272 g/mol. The molecule has 1 saturated heterocycles. The second kappa shape index (κ2) is 5.09. The van der Waals surface area contributed by atoms with Gasteiger partial charge in [-0.15, -0.1) is 0 Å². The van der Waals surface area contributed by atoms with Crippen LogP contribution in [-0.2, 0) is 9.47 Å². The number of nitrogens with zero attached hydrogens (tertiary/aromatic N) is 1. The van der Waals surface area contributed by atoms with Crippen LogP contribution in [0.15, 0.2) is 0 Å². The second-order valence-corrected chi connectivity index (χ2v) is 4.95. The highest BCUT2D eigenvalue weighted by Gasteiger charge is 2.35. The maximum Gasteiger partial charge on any atom is 0.255 e. The van der Waals surface area contributed by atoms with Crippen LogP contribution in [0.5, 0.6) is 0 Å². The van der Waals surface area contributed by atoms with Crippen LogP contribution in [0.4, 0.5) is 10.8 Å². The second-order valence-electron chi connectivity index (χ2n) is 4.18. The molecule has 0 spiro atoms. The summed E-state index contributed by atoms with van der Waals surface area (Å²) in [6, 6.07) is 0. The number of hydrogen-bond donors (Lipinski definition) is 3. The minimum Gasteiger partial charge on any atom is -0.382 e. The Morgan fingerprint density at radius 2 is 2.50 bits per heavy atom. The van der Waals surface area contributed by atoms with Crippen LogP contribution in [-0.4, -0.2) is 42.8 Å². The van der Waals surface area contributed by atoms with Gasteiger partial charge in [-0.1, -0.05) is 0 Å². The van der Waals surface area contributed by atoms with Gasteiger partial charge in [-0.2, -0.15) is 4.37 Å². The van der Waals surface area contributed by atoms with E-state index in [1.165, 1.54) is 0 Å². The number of nitrogens with two attached hydrogens (primary N) is 2. The first kappa shape index (κ1) is 13.1. The molecule has 0 saturated carbocycles. The molecule has 1 atom stereocenters. The molecule has 18 heavy (non-hydrogen) atoms. The smallest absolute Gasteiger partial charge is 0.255 e. The van der Waals surface area contributed by atoms with Crippen LogP contribution >= 0.6 is 11.5 Å². The van der Waals surface area contributed by atoms with Crippen LogP contribution in [0.1, 0.15) is 16.8 Å². The van der Waals surface area contributed by atoms with Gasteiger partial charge in [-0.05, 0) is 11.5 Å². The van der Waals surface area contributed by atoms with Crippen LogP contribution < -0.4 is 16.8 Å². The van der Waals surface area contributed by atoms with Gasteiger partial charge in [0.25, 0.3) is 5.91 Å². The molecule has 0 aromatic carbocycles. The molecule has 0 radical (unpaired) electrons. The number of rotatable bonds is 5. The Morgan fingerprint density at radius 1 is 1.72 bits per heavy atom. The molecule has 1 fully saturated rings. The van der Waals surface area contributed by atoms with E-state index in [9.17, 15) is 4.79 Å². The molecule has 2 heterocycles. The number of ether oxygens (including phenoxy) is 2. The van der Waals surface area contributed by atoms with Crippen LogP contribution in [0, 0.1) is 0 Å². The Bertz CT molecular complexity index is 442. The molecule has 1 aliphatic heterocycles. The Kier molecular flexibility index (Phi) is 3.69. The zero-order valence-corrected chi connectivity index (χ0v) is 10.9. The van der Waals surface area contributed by atoms with Crippen molar-refractivity contribution in [2.75, 3.05) is 37.9 Å². The standard InChI is InChI=1S/C10H16N4O3S/c1-16-10(2-3-17-5-10)4-13-9-6(8(12)15)7(11)14-18-9/h13H,2-5H2,1H3,(H2,11,14)(H2,12,15). The first-order chi connectivity index (χ1) is 8.58. The summed E-state index contributed by atoms with van der Waals surface area (Å²) in [5.74, 6) is -0.429. The lowest BCUT2D eigenvalue weighted by Gasteiger charge is -2.26. The number of carbonyl (C=O) groups is 1. The fourth-order valence-electron chi connectivity index (χ4n) is 1.86. The third-order valence-corrected chi connectivity index (χ3v) is 3.86. The van der Waals surface area contributed by atoms with Crippen molar-refractivity contribution in [3.63, 3.8) is 0 Å². The summed E-state index contributed by atoms with van der Waals surface area (Å²) in [6.45, 7) is 1.71. The molecule has 100 valence electrons. The topological polar surface area (TPSA) is 112 Å². The van der Waals surface area contributed by atoms with E-state index in [0.717, 1.165) is 18.0 Å². The van der Waals surface area contributed by atoms with E-state index in [2.05, 4.69) is 9.69 Å². The molecule has 8 heteroatoms. The zero-order valence-electron chi connectivity index (χ0n) is 10.1. The van der Waals surface area contributed by atoms with E-state index in [1.54, 1.807) is 7.11 Å². The fourth-order valence-corrected chi connectivity index (χ4v) is 2.58. The van der Waals surface area contributed by atoms with E-state index in [4.69, 9.17) is 20.9 Å². The van der Waals surface area contributed by atoms with Gasteiger partial charge in [-0.3, -0.25) is 4.79 Å². The Morgan fingerprint density at radius 3 is 3.06 bits per heavy atom. The number of aromatic nitrogens is 1. The van der Waals surface area contributed by atoms with Gasteiger partial charge in [-0.25, -0.2) is 0 Å². The summed E-state index contributed by atoms with van der Waals surface area (Å²) in [5.41, 5.74) is 10.7. The number of nitrogen functional groups attached to an aromatic ring is 1. The summed E-state index contributed by atoms with van der Waals surface area (Å²) in [4.78, 5) is 11.3. The third-order valence-electron chi connectivity index (χ3n) is 3.04. The molecule has 1 unspecified atom stereocenters. The number of amides is 1. The van der Waals surface area contributed by atoms with Crippen molar-refractivity contribution in [2.45, 2.75) is 12.0 Å². The molecule has 7 nitrogen and oxygen atoms in total. The summed E-state index contributed by atoms with van der Waals surface area (Å²) >= 11 is 1.11. The van der Waals surface area contributed by atoms with Crippen molar-refractivity contribution >= 4 is 28.3 Å². The number of carbonyl (C=O) groups excluding carboxylic acids is 1. The van der Waals surface area contributed by atoms with Crippen molar-refractivity contribution in [1.82, 2.24) is 4.37 Å². The van der Waals surface area contributed by atoms with Gasteiger partial charge in [0.15, 0.2) is 5.82 Å². The molecule has 5 N–H and O–H groups in total. The van der Waals surface area contributed by atoms with Crippen molar-refractivity contribution in [2.24, 2.45) is 5.73 Å². The largest absolute Gasteiger partial charge is 0.382 e. The SMILES string of the molecule is COC1(CNc2snc(N)c2C(N)=O)CCOC1. The summed E-state index contributed by atoms with van der Waals surface area (Å²) in [5, 5.41) is 3.69. The lowest BCUT2D eigenvalue weighted by atomic mass is 10.0. The van der Waals surface area contributed by atoms with Crippen molar-refractivity contribution < 1.29 is 14.3 Å². The summed E-state index contributed by atoms with van der Waals surface area (Å²) < 4.78 is 14.7. The molecule has 1 aromatic rings. The number of nitrogens with one attached hydrogen (secondary N) is 1. The molecule has 0 bridgehead atoms. The summed E-state index contributed by atoms with van der Waals surface area (Å²) in [7, 11) is 1.65. The van der Waals surface area contributed by atoms with E-state index >= 15 is 0 Å². The molecule has 1 amide bonds. The van der Waals surface area contributed by atoms with Gasteiger partial charge in [0.2, 0.25) is 0 Å². The quantitative estimate of drug-likeness (QED) is 0.697. The van der Waals surface area contributed by atoms with Crippen LogP contribution in [0.25, 0.3) is 0 Å². The number of methoxy groups -OCH3 is 1. The fraction of sp³-hybridized carbons (Fsp3) is 0.600. The minimum absolute atomic E-state index is 0.157. The van der Waals surface area contributed by atoms with Crippen molar-refractivity contribution in [1.29, 1.82) is 0 Å². The number of hydrogen-bond acceptors (Lipinski definition) is 7. The Labute approximate surface area is 109 Å². The molecule has 2 rings (SSSR count). The van der Waals surface area contributed by atoms with Crippen molar-refractivity contribution in [3.8, 4) is 0 Å². The first-order valence-corrected chi connectivity index (χ1v) is 6.27. The number of primary amides is 1. The highest BCUT2D eigenvalue weighted by molar-refractivity contribution is 7.11. The number of anilines is 2. The van der Waals surface area contributed by atoms with Gasteiger partial charge < -0.3 is 26.3 Å². The molecule has 0 aliphatic carbocycles. The normalized spacial score (nSPS) is 23.2. The molecule has 1 aromatic heterocycles. The highest BCUT2D eigenvalue weighted by atomic mass is 32.1. The van der Waals surface area contributed by atoms with E-state index in [0.29, 0.717) is 24.8 Å². The average Bonchev–Trinajstić information content (AvgIpc) is 2.94. The maximum atomic E-state index is 11.3.